The molecule has 0 aliphatic heterocycles. The zero-order chi connectivity index (χ0) is 10.9. The molecule has 0 radical (unpaired) electrons. The van der Waals surface area contributed by atoms with Crippen molar-refractivity contribution < 1.29 is 23.1 Å². The highest BCUT2D eigenvalue weighted by Crippen LogP contribution is 2.25. The van der Waals surface area contributed by atoms with Crippen molar-refractivity contribution in [3.63, 3.8) is 0 Å². The van der Waals surface area contributed by atoms with Gasteiger partial charge in [0.15, 0.2) is 0 Å². The van der Waals surface area contributed by atoms with Gasteiger partial charge in [0.2, 0.25) is 0 Å². The average molecular weight is 204 g/mol. The minimum absolute atomic E-state index is 0.00491. The fraction of sp³-hybridized carbons (Fsp3) is 0.222. The van der Waals surface area contributed by atoms with Gasteiger partial charge in [-0.05, 0) is 24.6 Å². The number of rotatable bonds is 2. The van der Waals surface area contributed by atoms with Gasteiger partial charge in [-0.1, -0.05) is 0 Å². The van der Waals surface area contributed by atoms with E-state index in [2.05, 4.69) is 0 Å². The van der Waals surface area contributed by atoms with Crippen LogP contribution in [0.4, 0.5) is 13.2 Å². The standard InChI is InChI=1S/C9H7F3O2/c1-4-2-5(8(11)12)6(9(13)14)3-7(4)10/h2-3,8H,1H3,(H,13,14). The predicted molar refractivity (Wildman–Crippen MR) is 43.1 cm³/mol. The number of carboxylic acid groups (broad SMARTS) is 1. The van der Waals surface area contributed by atoms with E-state index in [-0.39, 0.29) is 5.56 Å². The Morgan fingerprint density at radius 2 is 2.00 bits per heavy atom. The Balaban J connectivity index is 3.39. The number of hydrogen-bond acceptors (Lipinski definition) is 1. The molecule has 1 rings (SSSR count). The molecule has 0 amide bonds. The smallest absolute Gasteiger partial charge is 0.336 e. The second kappa shape index (κ2) is 3.69. The summed E-state index contributed by atoms with van der Waals surface area (Å²) < 4.78 is 37.5. The Hall–Kier alpha value is -1.52. The maximum Gasteiger partial charge on any atom is 0.336 e. The Bertz CT molecular complexity index is 375. The molecule has 0 aliphatic carbocycles. The van der Waals surface area contributed by atoms with E-state index in [4.69, 9.17) is 5.11 Å². The van der Waals surface area contributed by atoms with Crippen LogP contribution in [0.15, 0.2) is 12.1 Å². The summed E-state index contributed by atoms with van der Waals surface area (Å²) in [4.78, 5) is 10.5. The third-order valence-electron chi connectivity index (χ3n) is 1.80. The summed E-state index contributed by atoms with van der Waals surface area (Å²) in [5.41, 5.74) is -1.34. The summed E-state index contributed by atoms with van der Waals surface area (Å²) in [5, 5.41) is 8.53. The van der Waals surface area contributed by atoms with Crippen molar-refractivity contribution in [1.29, 1.82) is 0 Å². The monoisotopic (exact) mass is 204 g/mol. The highest BCUT2D eigenvalue weighted by atomic mass is 19.3. The SMILES string of the molecule is Cc1cc(C(F)F)c(C(=O)O)cc1F. The third-order valence-corrected chi connectivity index (χ3v) is 1.80. The lowest BCUT2D eigenvalue weighted by Gasteiger charge is -2.06. The van der Waals surface area contributed by atoms with Crippen molar-refractivity contribution in [3.05, 3.63) is 34.6 Å². The van der Waals surface area contributed by atoms with E-state index in [9.17, 15) is 18.0 Å². The van der Waals surface area contributed by atoms with Gasteiger partial charge in [-0.3, -0.25) is 0 Å². The van der Waals surface area contributed by atoms with Crippen LogP contribution in [-0.4, -0.2) is 11.1 Å². The molecule has 0 spiro atoms. The Labute approximate surface area is 78.0 Å². The Morgan fingerprint density at radius 1 is 1.43 bits per heavy atom. The van der Waals surface area contributed by atoms with Gasteiger partial charge in [-0.15, -0.1) is 0 Å². The lowest BCUT2D eigenvalue weighted by molar-refractivity contribution is 0.0684. The summed E-state index contributed by atoms with van der Waals surface area (Å²) in [6.45, 7) is 1.30. The molecule has 0 fully saturated rings. The predicted octanol–water partition coefficient (Wildman–Crippen LogP) is 2.77. The van der Waals surface area contributed by atoms with Crippen LogP contribution in [0, 0.1) is 12.7 Å². The van der Waals surface area contributed by atoms with Gasteiger partial charge in [0.25, 0.3) is 6.43 Å². The number of benzene rings is 1. The molecule has 14 heavy (non-hydrogen) atoms. The van der Waals surface area contributed by atoms with Crippen LogP contribution in [-0.2, 0) is 0 Å². The molecule has 0 aliphatic rings. The molecule has 1 N–H and O–H groups in total. The average Bonchev–Trinajstić information content (AvgIpc) is 2.08. The van der Waals surface area contributed by atoms with Gasteiger partial charge in [-0.25, -0.2) is 18.0 Å². The van der Waals surface area contributed by atoms with Gasteiger partial charge in [-0.2, -0.15) is 0 Å². The number of aromatic carboxylic acids is 1. The lowest BCUT2D eigenvalue weighted by atomic mass is 10.0. The molecular formula is C9H7F3O2. The number of alkyl halides is 2. The zero-order valence-electron chi connectivity index (χ0n) is 7.22. The van der Waals surface area contributed by atoms with Gasteiger partial charge < -0.3 is 5.11 Å². The zero-order valence-corrected chi connectivity index (χ0v) is 7.22. The molecule has 1 aromatic carbocycles. The summed E-state index contributed by atoms with van der Waals surface area (Å²) in [6.07, 6.45) is -2.92. The maximum absolute atomic E-state index is 12.9. The maximum atomic E-state index is 12.9. The highest BCUT2D eigenvalue weighted by Gasteiger charge is 2.19. The molecule has 0 saturated heterocycles. The van der Waals surface area contributed by atoms with E-state index in [1.807, 2.05) is 0 Å². The van der Waals surface area contributed by atoms with E-state index < -0.39 is 29.3 Å². The molecule has 0 bridgehead atoms. The summed E-state index contributed by atoms with van der Waals surface area (Å²) >= 11 is 0. The van der Waals surface area contributed by atoms with E-state index in [1.165, 1.54) is 6.92 Å². The summed E-state index contributed by atoms with van der Waals surface area (Å²) in [7, 11) is 0. The quantitative estimate of drug-likeness (QED) is 0.804. The minimum atomic E-state index is -2.92. The third kappa shape index (κ3) is 1.86. The van der Waals surface area contributed by atoms with Crippen molar-refractivity contribution in [2.24, 2.45) is 0 Å². The fourth-order valence-electron chi connectivity index (χ4n) is 1.07. The number of carbonyl (C=O) groups is 1. The van der Waals surface area contributed by atoms with E-state index in [1.54, 1.807) is 0 Å². The van der Waals surface area contributed by atoms with Crippen LogP contribution < -0.4 is 0 Å². The molecule has 76 valence electrons. The van der Waals surface area contributed by atoms with Crippen LogP contribution in [0.1, 0.15) is 27.9 Å². The first-order valence-electron chi connectivity index (χ1n) is 3.75. The number of hydrogen-bond donors (Lipinski definition) is 1. The number of aryl methyl sites for hydroxylation is 1. The van der Waals surface area contributed by atoms with Crippen molar-refractivity contribution in [3.8, 4) is 0 Å². The second-order valence-corrected chi connectivity index (χ2v) is 2.79. The van der Waals surface area contributed by atoms with Crippen molar-refractivity contribution >= 4 is 5.97 Å². The number of halogens is 3. The molecule has 0 aromatic heterocycles. The summed E-state index contributed by atoms with van der Waals surface area (Å²) in [6, 6.07) is 1.46. The summed E-state index contributed by atoms with van der Waals surface area (Å²) in [5.74, 6) is -2.36. The molecule has 0 saturated carbocycles. The van der Waals surface area contributed by atoms with Gasteiger partial charge in [0.05, 0.1) is 5.56 Å². The fourth-order valence-corrected chi connectivity index (χ4v) is 1.07. The van der Waals surface area contributed by atoms with E-state index >= 15 is 0 Å². The van der Waals surface area contributed by atoms with Gasteiger partial charge >= 0.3 is 5.97 Å². The lowest BCUT2D eigenvalue weighted by Crippen LogP contribution is -2.04. The molecule has 0 unspecified atom stereocenters. The largest absolute Gasteiger partial charge is 0.478 e. The van der Waals surface area contributed by atoms with E-state index in [0.717, 1.165) is 6.07 Å². The molecular weight excluding hydrogens is 197 g/mol. The second-order valence-electron chi connectivity index (χ2n) is 2.79. The molecule has 1 aromatic rings. The normalized spacial score (nSPS) is 10.6. The Kier molecular flexibility index (Phi) is 2.78. The first kappa shape index (κ1) is 10.6. The first-order chi connectivity index (χ1) is 6.43. The van der Waals surface area contributed by atoms with Gasteiger partial charge in [0.1, 0.15) is 5.82 Å². The van der Waals surface area contributed by atoms with Crippen LogP contribution in [0.3, 0.4) is 0 Å². The molecule has 2 nitrogen and oxygen atoms in total. The molecule has 0 atom stereocenters. The molecule has 5 heteroatoms. The number of carboxylic acids is 1. The highest BCUT2D eigenvalue weighted by molar-refractivity contribution is 5.89. The topological polar surface area (TPSA) is 37.3 Å². The van der Waals surface area contributed by atoms with Crippen LogP contribution in [0.2, 0.25) is 0 Å². The van der Waals surface area contributed by atoms with Crippen molar-refractivity contribution in [2.75, 3.05) is 0 Å². The van der Waals surface area contributed by atoms with Crippen LogP contribution >= 0.6 is 0 Å². The molecule has 0 heterocycles. The van der Waals surface area contributed by atoms with Crippen molar-refractivity contribution in [2.45, 2.75) is 13.3 Å². The van der Waals surface area contributed by atoms with Gasteiger partial charge in [0, 0.05) is 5.56 Å². The van der Waals surface area contributed by atoms with Crippen molar-refractivity contribution in [1.82, 2.24) is 0 Å². The first-order valence-corrected chi connectivity index (χ1v) is 3.75. The van der Waals surface area contributed by atoms with Crippen LogP contribution in [0.5, 0.6) is 0 Å². The van der Waals surface area contributed by atoms with Crippen LogP contribution in [0.25, 0.3) is 0 Å². The van der Waals surface area contributed by atoms with E-state index in [0.29, 0.717) is 6.07 Å². The minimum Gasteiger partial charge on any atom is -0.478 e. The Morgan fingerprint density at radius 3 is 2.43 bits per heavy atom.